The molecule has 0 spiro atoms. The highest BCUT2D eigenvalue weighted by Gasteiger charge is 2.06. The fraction of sp³-hybridized carbons (Fsp3) is 0.0909. The monoisotopic (exact) mass is 202 g/mol. The minimum Gasteiger partial charge on any atom is -0.336 e. The Hall–Kier alpha value is -2.10. The number of benzene rings is 1. The molecule has 1 aromatic heterocycles. The Balaban J connectivity index is 2.28. The van der Waals surface area contributed by atoms with Gasteiger partial charge in [-0.2, -0.15) is 0 Å². The number of fused-ring (bicyclic) bond motifs is 1. The summed E-state index contributed by atoms with van der Waals surface area (Å²) in [6.45, 7) is 3.24. The zero-order valence-corrected chi connectivity index (χ0v) is 8.09. The smallest absolute Gasteiger partial charge is 0.336 e. The summed E-state index contributed by atoms with van der Waals surface area (Å²) in [6.07, 6.45) is 1.84. The fourth-order valence-corrected chi connectivity index (χ4v) is 1.52. The summed E-state index contributed by atoms with van der Waals surface area (Å²) in [4.78, 5) is 15.6. The van der Waals surface area contributed by atoms with E-state index in [2.05, 4.69) is 16.7 Å². The van der Waals surface area contributed by atoms with Gasteiger partial charge in [-0.3, -0.25) is 0 Å². The zero-order chi connectivity index (χ0) is 10.7. The predicted molar refractivity (Wildman–Crippen MR) is 57.6 cm³/mol. The minimum absolute atomic E-state index is 0.145. The summed E-state index contributed by atoms with van der Waals surface area (Å²) in [7, 11) is 0. The summed E-state index contributed by atoms with van der Waals surface area (Å²) >= 11 is 0. The van der Waals surface area contributed by atoms with Crippen LogP contribution in [0.5, 0.6) is 0 Å². The number of rotatable bonds is 3. The molecule has 0 aliphatic rings. The van der Waals surface area contributed by atoms with Gasteiger partial charge in [-0.1, -0.05) is 23.4 Å². The first-order chi connectivity index (χ1) is 7.31. The minimum atomic E-state index is -0.425. The maximum Gasteiger partial charge on any atom is 0.354 e. The lowest BCUT2D eigenvalue weighted by atomic mass is 10.2. The first-order valence-corrected chi connectivity index (χ1v) is 4.51. The third-order valence-electron chi connectivity index (χ3n) is 2.15. The van der Waals surface area contributed by atoms with Crippen LogP contribution in [0.4, 0.5) is 0 Å². The molecule has 0 bridgehead atoms. The number of carbonyl (C=O) groups excluding carboxylic acids is 1. The fourth-order valence-electron chi connectivity index (χ4n) is 1.52. The van der Waals surface area contributed by atoms with Gasteiger partial charge in [0.2, 0.25) is 0 Å². The van der Waals surface area contributed by atoms with Crippen molar-refractivity contribution >= 4 is 23.6 Å². The lowest BCUT2D eigenvalue weighted by Gasteiger charge is -2.01. The van der Waals surface area contributed by atoms with Gasteiger partial charge >= 0.3 is 5.97 Å². The molecule has 4 heteroatoms. The van der Waals surface area contributed by atoms with Gasteiger partial charge in [-0.25, -0.2) is 4.79 Å². The predicted octanol–water partition coefficient (Wildman–Crippen LogP) is 1.80. The van der Waals surface area contributed by atoms with Crippen molar-refractivity contribution < 1.29 is 9.63 Å². The molecule has 0 saturated heterocycles. The highest BCUT2D eigenvalue weighted by molar-refractivity contribution is 5.81. The lowest BCUT2D eigenvalue weighted by Crippen LogP contribution is -2.09. The quantitative estimate of drug-likeness (QED) is 0.432. The molecule has 0 fully saturated rings. The van der Waals surface area contributed by atoms with Crippen LogP contribution in [-0.4, -0.2) is 17.3 Å². The molecule has 1 heterocycles. The normalized spacial score (nSPS) is 10.1. The SMILES string of the molecule is C=NOC(=O)Cn1ccc2ccccc21. The molecule has 2 rings (SSSR count). The summed E-state index contributed by atoms with van der Waals surface area (Å²) in [5.74, 6) is -0.425. The number of para-hydroxylation sites is 1. The maximum atomic E-state index is 11.2. The second-order valence-corrected chi connectivity index (χ2v) is 3.09. The van der Waals surface area contributed by atoms with Gasteiger partial charge in [0.1, 0.15) is 6.54 Å². The second kappa shape index (κ2) is 3.96. The van der Waals surface area contributed by atoms with Gasteiger partial charge in [-0.05, 0) is 17.5 Å². The van der Waals surface area contributed by atoms with E-state index in [-0.39, 0.29) is 6.54 Å². The van der Waals surface area contributed by atoms with Crippen molar-refractivity contribution in [2.24, 2.45) is 5.16 Å². The first kappa shape index (κ1) is 9.45. The number of nitrogens with zero attached hydrogens (tertiary/aromatic N) is 2. The van der Waals surface area contributed by atoms with Crippen LogP contribution in [0.2, 0.25) is 0 Å². The van der Waals surface area contributed by atoms with Crippen molar-refractivity contribution in [2.45, 2.75) is 6.54 Å². The molecule has 0 aliphatic carbocycles. The van der Waals surface area contributed by atoms with Gasteiger partial charge in [0.25, 0.3) is 0 Å². The Morgan fingerprint density at radius 1 is 1.40 bits per heavy atom. The van der Waals surface area contributed by atoms with E-state index < -0.39 is 5.97 Å². The zero-order valence-electron chi connectivity index (χ0n) is 8.09. The van der Waals surface area contributed by atoms with Crippen molar-refractivity contribution in [3.05, 3.63) is 36.5 Å². The molecule has 0 aliphatic heterocycles. The molecule has 0 radical (unpaired) electrons. The van der Waals surface area contributed by atoms with Gasteiger partial charge in [0, 0.05) is 18.4 Å². The Morgan fingerprint density at radius 2 is 2.20 bits per heavy atom. The van der Waals surface area contributed by atoms with Crippen molar-refractivity contribution in [3.63, 3.8) is 0 Å². The standard InChI is InChI=1S/C11H10N2O2/c1-12-15-11(14)8-13-7-6-9-4-2-3-5-10(9)13/h2-7H,1,8H2. The van der Waals surface area contributed by atoms with Crippen molar-refractivity contribution in [1.29, 1.82) is 0 Å². The van der Waals surface area contributed by atoms with E-state index in [4.69, 9.17) is 0 Å². The van der Waals surface area contributed by atoms with Crippen molar-refractivity contribution in [2.75, 3.05) is 0 Å². The molecule has 2 aromatic rings. The van der Waals surface area contributed by atoms with Gasteiger partial charge in [0.05, 0.1) is 0 Å². The molecule has 1 aromatic carbocycles. The lowest BCUT2D eigenvalue weighted by molar-refractivity contribution is -0.144. The summed E-state index contributed by atoms with van der Waals surface area (Å²) in [6, 6.07) is 9.77. The number of hydrogen-bond donors (Lipinski definition) is 0. The second-order valence-electron chi connectivity index (χ2n) is 3.09. The first-order valence-electron chi connectivity index (χ1n) is 4.51. The highest BCUT2D eigenvalue weighted by Crippen LogP contribution is 2.14. The topological polar surface area (TPSA) is 43.6 Å². The Kier molecular flexibility index (Phi) is 2.49. The van der Waals surface area contributed by atoms with E-state index in [1.807, 2.05) is 41.1 Å². The van der Waals surface area contributed by atoms with Crippen LogP contribution in [0.25, 0.3) is 10.9 Å². The molecule has 0 amide bonds. The van der Waals surface area contributed by atoms with Crippen molar-refractivity contribution in [1.82, 2.24) is 4.57 Å². The maximum absolute atomic E-state index is 11.2. The van der Waals surface area contributed by atoms with E-state index in [0.29, 0.717) is 0 Å². The van der Waals surface area contributed by atoms with Crippen LogP contribution in [-0.2, 0) is 16.2 Å². The molecule has 0 N–H and O–H groups in total. The molecule has 0 atom stereocenters. The average molecular weight is 202 g/mol. The number of carbonyl (C=O) groups is 1. The number of oxime groups is 1. The largest absolute Gasteiger partial charge is 0.354 e. The van der Waals surface area contributed by atoms with Crippen LogP contribution in [0.3, 0.4) is 0 Å². The van der Waals surface area contributed by atoms with Crippen LogP contribution >= 0.6 is 0 Å². The van der Waals surface area contributed by atoms with Crippen molar-refractivity contribution in [3.8, 4) is 0 Å². The van der Waals surface area contributed by atoms with E-state index >= 15 is 0 Å². The van der Waals surface area contributed by atoms with E-state index in [0.717, 1.165) is 10.9 Å². The molecular formula is C11H10N2O2. The number of hydrogen-bond acceptors (Lipinski definition) is 3. The van der Waals surface area contributed by atoms with Crippen LogP contribution in [0.15, 0.2) is 41.7 Å². The van der Waals surface area contributed by atoms with Gasteiger partial charge in [-0.15, -0.1) is 0 Å². The molecule has 0 unspecified atom stereocenters. The average Bonchev–Trinajstić information content (AvgIpc) is 2.62. The third-order valence-corrected chi connectivity index (χ3v) is 2.15. The highest BCUT2D eigenvalue weighted by atomic mass is 16.7. The van der Waals surface area contributed by atoms with Crippen LogP contribution in [0.1, 0.15) is 0 Å². The molecule has 76 valence electrons. The Morgan fingerprint density at radius 3 is 3.00 bits per heavy atom. The third kappa shape index (κ3) is 1.88. The van der Waals surface area contributed by atoms with Crippen LogP contribution in [0, 0.1) is 0 Å². The molecule has 4 nitrogen and oxygen atoms in total. The van der Waals surface area contributed by atoms with Gasteiger partial charge < -0.3 is 9.40 Å². The molecular weight excluding hydrogens is 192 g/mol. The van der Waals surface area contributed by atoms with E-state index in [1.165, 1.54) is 0 Å². The molecule has 0 saturated carbocycles. The van der Waals surface area contributed by atoms with Crippen LogP contribution < -0.4 is 0 Å². The Bertz CT molecular complexity index is 502. The van der Waals surface area contributed by atoms with E-state index in [1.54, 1.807) is 0 Å². The number of aromatic nitrogens is 1. The summed E-state index contributed by atoms with van der Waals surface area (Å²) in [5, 5.41) is 4.18. The summed E-state index contributed by atoms with van der Waals surface area (Å²) in [5.41, 5.74) is 0.999. The van der Waals surface area contributed by atoms with E-state index in [9.17, 15) is 4.79 Å². The Labute approximate surface area is 86.8 Å². The molecule has 15 heavy (non-hydrogen) atoms. The van der Waals surface area contributed by atoms with Gasteiger partial charge in [0.15, 0.2) is 0 Å². The summed E-state index contributed by atoms with van der Waals surface area (Å²) < 4.78 is 1.81.